The highest BCUT2D eigenvalue weighted by molar-refractivity contribution is 5.92. The van der Waals surface area contributed by atoms with Crippen LogP contribution in [0.2, 0.25) is 0 Å². The maximum Gasteiger partial charge on any atom is 0.387 e. The number of benzene rings is 2. The largest absolute Gasteiger partial charge is 0.433 e. The highest BCUT2D eigenvalue weighted by Gasteiger charge is 2.11. The van der Waals surface area contributed by atoms with Crippen molar-refractivity contribution in [2.75, 3.05) is 5.32 Å². The number of alkyl halides is 2. The normalized spacial score (nSPS) is 10.9. The molecule has 8 heteroatoms. The fourth-order valence-corrected chi connectivity index (χ4v) is 2.66. The molecule has 3 aromatic rings. The van der Waals surface area contributed by atoms with Crippen LogP contribution in [0.1, 0.15) is 12.8 Å². The van der Waals surface area contributed by atoms with Crippen molar-refractivity contribution in [3.05, 3.63) is 65.2 Å². The van der Waals surface area contributed by atoms with E-state index in [2.05, 4.69) is 15.0 Å². The number of nitrogens with one attached hydrogen (secondary N) is 1. The molecule has 0 spiro atoms. The number of rotatable bonds is 7. The van der Waals surface area contributed by atoms with Crippen molar-refractivity contribution in [3.8, 4) is 5.75 Å². The molecule has 1 amide bonds. The Bertz CT molecular complexity index is 1000. The van der Waals surface area contributed by atoms with Crippen LogP contribution in [0.3, 0.4) is 0 Å². The molecule has 0 bridgehead atoms. The summed E-state index contributed by atoms with van der Waals surface area (Å²) in [4.78, 5) is 28.7. The standard InChI is InChI=1S/C19H17F2N3O3/c20-19(21)27-16-9-4-3-8-15(16)23-17(25)10-5-11-24-12-22-14-7-2-1-6-13(14)18(24)26/h1-4,6-9,12,19H,5,10-11H2,(H,23,25). The van der Waals surface area contributed by atoms with Crippen LogP contribution in [0.5, 0.6) is 5.75 Å². The SMILES string of the molecule is O=C(CCCn1cnc2ccccc2c1=O)Nc1ccccc1OC(F)F. The van der Waals surface area contributed by atoms with Crippen molar-refractivity contribution in [2.45, 2.75) is 26.0 Å². The molecule has 1 heterocycles. The molecule has 6 nitrogen and oxygen atoms in total. The maximum absolute atomic E-state index is 12.4. The van der Waals surface area contributed by atoms with Crippen molar-refractivity contribution < 1.29 is 18.3 Å². The van der Waals surface area contributed by atoms with Gasteiger partial charge in [-0.25, -0.2) is 4.98 Å². The van der Waals surface area contributed by atoms with Crippen LogP contribution in [0.25, 0.3) is 10.9 Å². The second-order valence-electron chi connectivity index (χ2n) is 5.79. The van der Waals surface area contributed by atoms with Crippen LogP contribution >= 0.6 is 0 Å². The van der Waals surface area contributed by atoms with Crippen LogP contribution in [-0.4, -0.2) is 22.1 Å². The molecule has 0 radical (unpaired) electrons. The molecule has 140 valence electrons. The summed E-state index contributed by atoms with van der Waals surface area (Å²) in [6.07, 6.45) is 1.96. The smallest absolute Gasteiger partial charge is 0.387 e. The lowest BCUT2D eigenvalue weighted by atomic mass is 10.2. The van der Waals surface area contributed by atoms with Gasteiger partial charge in [0.1, 0.15) is 5.75 Å². The van der Waals surface area contributed by atoms with Crippen molar-refractivity contribution >= 4 is 22.5 Å². The Balaban J connectivity index is 1.59. The minimum atomic E-state index is -2.98. The summed E-state index contributed by atoms with van der Waals surface area (Å²) in [5, 5.41) is 3.06. The van der Waals surface area contributed by atoms with Gasteiger partial charge in [-0.15, -0.1) is 0 Å². The Hall–Kier alpha value is -3.29. The zero-order chi connectivity index (χ0) is 19.2. The summed E-state index contributed by atoms with van der Waals surface area (Å²) in [5.74, 6) is -0.460. The van der Waals surface area contributed by atoms with E-state index in [-0.39, 0.29) is 29.3 Å². The van der Waals surface area contributed by atoms with Gasteiger partial charge in [0.2, 0.25) is 5.91 Å². The quantitative estimate of drug-likeness (QED) is 0.689. The number of amides is 1. The molecule has 1 aromatic heterocycles. The minimum absolute atomic E-state index is 0.101. The van der Waals surface area contributed by atoms with E-state index < -0.39 is 6.61 Å². The molecule has 0 aliphatic heterocycles. The van der Waals surface area contributed by atoms with Gasteiger partial charge < -0.3 is 10.1 Å². The monoisotopic (exact) mass is 373 g/mol. The first-order valence-electron chi connectivity index (χ1n) is 8.32. The predicted molar refractivity (Wildman–Crippen MR) is 96.9 cm³/mol. The lowest BCUT2D eigenvalue weighted by Crippen LogP contribution is -2.21. The Kier molecular flexibility index (Phi) is 5.75. The number of carbonyl (C=O) groups excluding carboxylic acids is 1. The summed E-state index contributed by atoms with van der Waals surface area (Å²) < 4.78 is 30.6. The molecule has 27 heavy (non-hydrogen) atoms. The minimum Gasteiger partial charge on any atom is -0.433 e. The third kappa shape index (κ3) is 4.66. The maximum atomic E-state index is 12.4. The van der Waals surface area contributed by atoms with E-state index in [0.29, 0.717) is 23.9 Å². The number of anilines is 1. The van der Waals surface area contributed by atoms with Gasteiger partial charge in [-0.1, -0.05) is 24.3 Å². The van der Waals surface area contributed by atoms with Gasteiger partial charge in [0.05, 0.1) is 22.9 Å². The average Bonchev–Trinajstić information content (AvgIpc) is 2.65. The van der Waals surface area contributed by atoms with Crippen molar-refractivity contribution in [3.63, 3.8) is 0 Å². The number of halogens is 2. The van der Waals surface area contributed by atoms with Gasteiger partial charge in [-0.05, 0) is 30.7 Å². The number of nitrogens with zero attached hydrogens (tertiary/aromatic N) is 2. The van der Waals surface area contributed by atoms with Crippen LogP contribution in [-0.2, 0) is 11.3 Å². The summed E-state index contributed by atoms with van der Waals surface area (Å²) in [6.45, 7) is -2.66. The van der Waals surface area contributed by atoms with E-state index in [1.54, 1.807) is 30.3 Å². The first kappa shape index (κ1) is 18.5. The fraction of sp³-hybridized carbons (Fsp3) is 0.211. The molecular formula is C19H17F2N3O3. The van der Waals surface area contributed by atoms with E-state index in [0.717, 1.165) is 0 Å². The molecule has 0 aliphatic rings. The summed E-state index contributed by atoms with van der Waals surface area (Å²) in [5.41, 5.74) is 0.621. The molecule has 0 fully saturated rings. The number of para-hydroxylation sites is 3. The van der Waals surface area contributed by atoms with Gasteiger partial charge in [0.25, 0.3) is 5.56 Å². The van der Waals surface area contributed by atoms with Crippen molar-refractivity contribution in [1.29, 1.82) is 0 Å². The Morgan fingerprint density at radius 2 is 1.89 bits per heavy atom. The highest BCUT2D eigenvalue weighted by Crippen LogP contribution is 2.25. The number of aromatic nitrogens is 2. The van der Waals surface area contributed by atoms with Gasteiger partial charge in [-0.2, -0.15) is 8.78 Å². The number of hydrogen-bond donors (Lipinski definition) is 1. The van der Waals surface area contributed by atoms with Crippen LogP contribution in [0.15, 0.2) is 59.7 Å². The first-order chi connectivity index (χ1) is 13.0. The topological polar surface area (TPSA) is 73.2 Å². The number of fused-ring (bicyclic) bond motifs is 1. The molecule has 0 unspecified atom stereocenters. The van der Waals surface area contributed by atoms with E-state index in [9.17, 15) is 18.4 Å². The van der Waals surface area contributed by atoms with Crippen LogP contribution in [0.4, 0.5) is 14.5 Å². The van der Waals surface area contributed by atoms with Crippen LogP contribution in [0, 0.1) is 0 Å². The lowest BCUT2D eigenvalue weighted by molar-refractivity contribution is -0.116. The summed E-state index contributed by atoms with van der Waals surface area (Å²) >= 11 is 0. The molecule has 0 saturated heterocycles. The third-order valence-corrected chi connectivity index (χ3v) is 3.91. The Labute approximate surface area is 153 Å². The molecule has 0 saturated carbocycles. The zero-order valence-electron chi connectivity index (χ0n) is 14.3. The Morgan fingerprint density at radius 3 is 2.70 bits per heavy atom. The molecular weight excluding hydrogens is 356 g/mol. The second kappa shape index (κ2) is 8.39. The number of hydrogen-bond acceptors (Lipinski definition) is 4. The average molecular weight is 373 g/mol. The molecule has 2 aromatic carbocycles. The number of ether oxygens (including phenoxy) is 1. The lowest BCUT2D eigenvalue weighted by Gasteiger charge is -2.12. The fourth-order valence-electron chi connectivity index (χ4n) is 2.66. The number of carbonyl (C=O) groups is 1. The number of aryl methyl sites for hydroxylation is 1. The van der Waals surface area contributed by atoms with Gasteiger partial charge >= 0.3 is 6.61 Å². The first-order valence-corrected chi connectivity index (χ1v) is 8.32. The van der Waals surface area contributed by atoms with Crippen molar-refractivity contribution in [2.24, 2.45) is 0 Å². The van der Waals surface area contributed by atoms with E-state index in [1.165, 1.54) is 29.1 Å². The van der Waals surface area contributed by atoms with Gasteiger partial charge in [0.15, 0.2) is 0 Å². The summed E-state index contributed by atoms with van der Waals surface area (Å²) in [6, 6.07) is 13.0. The molecule has 3 rings (SSSR count). The molecule has 0 atom stereocenters. The van der Waals surface area contributed by atoms with E-state index >= 15 is 0 Å². The molecule has 1 N–H and O–H groups in total. The third-order valence-electron chi connectivity index (χ3n) is 3.91. The van der Waals surface area contributed by atoms with E-state index in [1.807, 2.05) is 0 Å². The summed E-state index contributed by atoms with van der Waals surface area (Å²) in [7, 11) is 0. The predicted octanol–water partition coefficient (Wildman–Crippen LogP) is 3.42. The van der Waals surface area contributed by atoms with Gasteiger partial charge in [0, 0.05) is 13.0 Å². The van der Waals surface area contributed by atoms with Crippen molar-refractivity contribution in [1.82, 2.24) is 9.55 Å². The Morgan fingerprint density at radius 1 is 1.15 bits per heavy atom. The zero-order valence-corrected chi connectivity index (χ0v) is 14.3. The van der Waals surface area contributed by atoms with E-state index in [4.69, 9.17) is 0 Å². The van der Waals surface area contributed by atoms with Gasteiger partial charge in [-0.3, -0.25) is 14.2 Å². The second-order valence-corrected chi connectivity index (χ2v) is 5.79. The molecule has 0 aliphatic carbocycles. The van der Waals surface area contributed by atoms with Crippen LogP contribution < -0.4 is 15.6 Å². The highest BCUT2D eigenvalue weighted by atomic mass is 19.3.